The first-order valence-corrected chi connectivity index (χ1v) is 12.4. The Kier molecular flexibility index (Phi) is 7.16. The van der Waals surface area contributed by atoms with Gasteiger partial charge in [-0.25, -0.2) is 4.39 Å². The molecule has 38 heavy (non-hydrogen) atoms. The SMILES string of the molecule is Cc1ccc(-c2nnn(CC(=O)N(c3ccccc3F)C(C(=O)NC3CCCC3)c3ccc(O)cc3)n2)o1. The molecule has 196 valence electrons. The minimum atomic E-state index is -1.21. The van der Waals surface area contributed by atoms with E-state index < -0.39 is 30.2 Å². The van der Waals surface area contributed by atoms with Crippen LogP contribution in [0.2, 0.25) is 0 Å². The lowest BCUT2D eigenvalue weighted by molar-refractivity contribution is -0.127. The van der Waals surface area contributed by atoms with Gasteiger partial charge in [-0.2, -0.15) is 4.80 Å². The number of hydrogen-bond acceptors (Lipinski definition) is 7. The Bertz CT molecular complexity index is 1430. The number of benzene rings is 2. The third kappa shape index (κ3) is 5.41. The van der Waals surface area contributed by atoms with E-state index in [-0.39, 0.29) is 23.3 Å². The van der Waals surface area contributed by atoms with Gasteiger partial charge in [-0.15, -0.1) is 10.2 Å². The highest BCUT2D eigenvalue weighted by Gasteiger charge is 2.36. The highest BCUT2D eigenvalue weighted by Crippen LogP contribution is 2.32. The molecule has 2 N–H and O–H groups in total. The van der Waals surface area contributed by atoms with Crippen LogP contribution < -0.4 is 10.2 Å². The fraction of sp³-hybridized carbons (Fsp3) is 0.296. The van der Waals surface area contributed by atoms with E-state index in [9.17, 15) is 14.7 Å². The molecule has 1 atom stereocenters. The van der Waals surface area contributed by atoms with Gasteiger partial charge in [-0.1, -0.05) is 37.1 Å². The number of aryl methyl sites for hydroxylation is 1. The van der Waals surface area contributed by atoms with Crippen LogP contribution in [0.3, 0.4) is 0 Å². The fourth-order valence-electron chi connectivity index (χ4n) is 4.65. The largest absolute Gasteiger partial charge is 0.508 e. The number of aromatic hydroxyl groups is 1. The number of nitrogens with one attached hydrogen (secondary N) is 1. The van der Waals surface area contributed by atoms with E-state index in [0.717, 1.165) is 35.4 Å². The topological polar surface area (TPSA) is 126 Å². The molecular formula is C27H27FN6O4. The Morgan fingerprint density at radius 3 is 2.55 bits per heavy atom. The molecule has 11 heteroatoms. The molecule has 10 nitrogen and oxygen atoms in total. The van der Waals surface area contributed by atoms with Crippen LogP contribution in [-0.4, -0.2) is 43.2 Å². The summed E-state index contributed by atoms with van der Waals surface area (Å²) in [5, 5.41) is 25.0. The van der Waals surface area contributed by atoms with E-state index in [1.165, 1.54) is 30.3 Å². The van der Waals surface area contributed by atoms with E-state index in [1.807, 2.05) is 0 Å². The first kappa shape index (κ1) is 25.1. The number of amides is 2. The number of carbonyl (C=O) groups is 2. The molecule has 5 rings (SSSR count). The molecule has 0 spiro atoms. The van der Waals surface area contributed by atoms with Gasteiger partial charge in [0.15, 0.2) is 5.76 Å². The van der Waals surface area contributed by atoms with Crippen LogP contribution in [0.5, 0.6) is 5.75 Å². The zero-order valence-electron chi connectivity index (χ0n) is 20.7. The second-order valence-electron chi connectivity index (χ2n) is 9.25. The summed E-state index contributed by atoms with van der Waals surface area (Å²) < 4.78 is 20.7. The lowest BCUT2D eigenvalue weighted by atomic mass is 10.0. The zero-order valence-corrected chi connectivity index (χ0v) is 20.7. The maximum absolute atomic E-state index is 15.1. The number of anilines is 1. The van der Waals surface area contributed by atoms with Crippen molar-refractivity contribution in [2.75, 3.05) is 4.90 Å². The minimum absolute atomic E-state index is 0.0000212. The van der Waals surface area contributed by atoms with Gasteiger partial charge in [0.25, 0.3) is 5.91 Å². The van der Waals surface area contributed by atoms with Crippen LogP contribution in [0.25, 0.3) is 11.6 Å². The van der Waals surface area contributed by atoms with Crippen molar-refractivity contribution in [2.24, 2.45) is 0 Å². The summed E-state index contributed by atoms with van der Waals surface area (Å²) in [6.07, 6.45) is 3.67. The molecule has 2 aromatic heterocycles. The van der Waals surface area contributed by atoms with Gasteiger partial charge in [0, 0.05) is 6.04 Å². The molecule has 0 aliphatic heterocycles. The van der Waals surface area contributed by atoms with E-state index in [0.29, 0.717) is 17.1 Å². The third-order valence-corrected chi connectivity index (χ3v) is 6.49. The first-order chi connectivity index (χ1) is 18.4. The Balaban J connectivity index is 1.52. The summed E-state index contributed by atoms with van der Waals surface area (Å²) in [4.78, 5) is 29.7. The Morgan fingerprint density at radius 2 is 1.87 bits per heavy atom. The molecular weight excluding hydrogens is 491 g/mol. The van der Waals surface area contributed by atoms with Crippen molar-refractivity contribution in [3.05, 3.63) is 77.8 Å². The van der Waals surface area contributed by atoms with Crippen LogP contribution in [0, 0.1) is 12.7 Å². The van der Waals surface area contributed by atoms with E-state index in [4.69, 9.17) is 4.42 Å². The normalized spacial score (nSPS) is 14.4. The van der Waals surface area contributed by atoms with Gasteiger partial charge < -0.3 is 14.8 Å². The molecule has 0 saturated heterocycles. The molecule has 1 saturated carbocycles. The van der Waals surface area contributed by atoms with Gasteiger partial charge in [0.05, 0.1) is 5.69 Å². The fourth-order valence-corrected chi connectivity index (χ4v) is 4.65. The number of para-hydroxylation sites is 1. The molecule has 4 aromatic rings. The van der Waals surface area contributed by atoms with E-state index in [2.05, 4.69) is 20.7 Å². The lowest BCUT2D eigenvalue weighted by Gasteiger charge is -2.32. The van der Waals surface area contributed by atoms with Gasteiger partial charge in [-0.3, -0.25) is 14.5 Å². The van der Waals surface area contributed by atoms with Crippen molar-refractivity contribution in [1.82, 2.24) is 25.5 Å². The summed E-state index contributed by atoms with van der Waals surface area (Å²) >= 11 is 0. The number of tetrazole rings is 1. The second kappa shape index (κ2) is 10.8. The number of hydrogen-bond donors (Lipinski definition) is 2. The predicted octanol–water partition coefficient (Wildman–Crippen LogP) is 3.92. The average Bonchev–Trinajstić information content (AvgIpc) is 3.67. The summed E-state index contributed by atoms with van der Waals surface area (Å²) in [5.74, 6) is -0.492. The number of aromatic nitrogens is 4. The van der Waals surface area contributed by atoms with Gasteiger partial charge in [0.1, 0.15) is 29.9 Å². The maximum atomic E-state index is 15.1. The highest BCUT2D eigenvalue weighted by atomic mass is 19.1. The van der Waals surface area contributed by atoms with Crippen molar-refractivity contribution in [1.29, 1.82) is 0 Å². The molecule has 1 unspecified atom stereocenters. The molecule has 2 amide bonds. The third-order valence-electron chi connectivity index (χ3n) is 6.49. The first-order valence-electron chi connectivity index (χ1n) is 12.4. The zero-order chi connectivity index (χ0) is 26.6. The van der Waals surface area contributed by atoms with Crippen molar-refractivity contribution in [3.63, 3.8) is 0 Å². The van der Waals surface area contributed by atoms with Gasteiger partial charge in [0.2, 0.25) is 11.7 Å². The highest BCUT2D eigenvalue weighted by molar-refractivity contribution is 6.01. The van der Waals surface area contributed by atoms with Gasteiger partial charge >= 0.3 is 0 Å². The maximum Gasteiger partial charge on any atom is 0.251 e. The number of rotatable bonds is 8. The molecule has 0 bridgehead atoms. The van der Waals surface area contributed by atoms with Crippen molar-refractivity contribution in [3.8, 4) is 17.3 Å². The molecule has 1 aliphatic carbocycles. The minimum Gasteiger partial charge on any atom is -0.508 e. The van der Waals surface area contributed by atoms with Crippen molar-refractivity contribution >= 4 is 17.5 Å². The van der Waals surface area contributed by atoms with Gasteiger partial charge in [-0.05, 0) is 66.9 Å². The number of furan rings is 1. The van der Waals surface area contributed by atoms with Crippen LogP contribution in [-0.2, 0) is 16.1 Å². The molecule has 2 heterocycles. The molecule has 1 fully saturated rings. The van der Waals surface area contributed by atoms with Crippen LogP contribution >= 0.6 is 0 Å². The van der Waals surface area contributed by atoms with Crippen LogP contribution in [0.15, 0.2) is 65.1 Å². The number of carbonyl (C=O) groups excluding carboxylic acids is 2. The number of phenolic OH excluding ortho intramolecular Hbond substituents is 1. The smallest absolute Gasteiger partial charge is 0.251 e. The van der Waals surface area contributed by atoms with Crippen LogP contribution in [0.4, 0.5) is 10.1 Å². The van der Waals surface area contributed by atoms with E-state index >= 15 is 4.39 Å². The predicted molar refractivity (Wildman–Crippen MR) is 135 cm³/mol. The average molecular weight is 519 g/mol. The Morgan fingerprint density at radius 1 is 1.13 bits per heavy atom. The standard InChI is InChI=1S/C27H27FN6O4/c1-17-10-15-23(38-17)26-30-32-33(31-26)16-24(36)34(22-9-5-4-8-21(22)28)25(18-11-13-20(35)14-12-18)27(37)29-19-6-2-3-7-19/h4-5,8-15,19,25,35H,2-3,6-7,16H2,1H3,(H,29,37). The lowest BCUT2D eigenvalue weighted by Crippen LogP contribution is -2.47. The molecule has 0 radical (unpaired) electrons. The number of phenols is 1. The van der Waals surface area contributed by atoms with Crippen molar-refractivity contribution in [2.45, 2.75) is 51.2 Å². The number of halogens is 1. The Labute approximate surface area is 218 Å². The van der Waals surface area contributed by atoms with Crippen molar-refractivity contribution < 1.29 is 23.5 Å². The summed E-state index contributed by atoms with van der Waals surface area (Å²) in [6, 6.07) is 13.9. The summed E-state index contributed by atoms with van der Waals surface area (Å²) in [6.45, 7) is 1.37. The Hall–Kier alpha value is -4.54. The molecule has 1 aliphatic rings. The van der Waals surface area contributed by atoms with E-state index in [1.54, 1.807) is 37.3 Å². The molecule has 2 aromatic carbocycles. The van der Waals surface area contributed by atoms with Crippen LogP contribution in [0.1, 0.15) is 43.0 Å². The quantitative estimate of drug-likeness (QED) is 0.362. The monoisotopic (exact) mass is 518 g/mol. The summed E-state index contributed by atoms with van der Waals surface area (Å²) in [5.41, 5.74) is 0.340. The second-order valence-corrected chi connectivity index (χ2v) is 9.25. The summed E-state index contributed by atoms with van der Waals surface area (Å²) in [7, 11) is 0. The number of nitrogens with zero attached hydrogens (tertiary/aromatic N) is 5.